The summed E-state index contributed by atoms with van der Waals surface area (Å²) in [6, 6.07) is 3.64. The zero-order valence-corrected chi connectivity index (χ0v) is 8.63. The molecule has 1 fully saturated rings. The molecular weight excluding hydrogens is 200 g/mol. The molecule has 0 unspecified atom stereocenters. The lowest BCUT2D eigenvalue weighted by atomic mass is 9.87. The van der Waals surface area contributed by atoms with Gasteiger partial charge in [0.1, 0.15) is 0 Å². The van der Waals surface area contributed by atoms with Gasteiger partial charge in [-0.25, -0.2) is 0 Å². The molecule has 0 aromatic carbocycles. The van der Waals surface area contributed by atoms with E-state index in [9.17, 15) is 0 Å². The van der Waals surface area contributed by atoms with Crippen LogP contribution in [0.1, 0.15) is 18.5 Å². The highest BCUT2D eigenvalue weighted by Crippen LogP contribution is 2.31. The van der Waals surface area contributed by atoms with E-state index in [4.69, 9.17) is 22.1 Å². The number of hydrogen-bond acceptors (Lipinski definition) is 3. The third kappa shape index (κ3) is 1.75. The van der Waals surface area contributed by atoms with Crippen molar-refractivity contribution in [3.05, 3.63) is 29.0 Å². The van der Waals surface area contributed by atoms with E-state index < -0.39 is 5.54 Å². The minimum Gasteiger partial charge on any atom is -0.381 e. The highest BCUT2D eigenvalue weighted by Gasteiger charge is 2.32. The molecule has 3 nitrogen and oxygen atoms in total. The molecule has 0 amide bonds. The van der Waals surface area contributed by atoms with E-state index in [0.29, 0.717) is 18.2 Å². The molecule has 1 aromatic heterocycles. The van der Waals surface area contributed by atoms with Gasteiger partial charge in [0.15, 0.2) is 0 Å². The van der Waals surface area contributed by atoms with Crippen molar-refractivity contribution in [3.63, 3.8) is 0 Å². The van der Waals surface area contributed by atoms with E-state index in [1.165, 1.54) is 0 Å². The lowest BCUT2D eigenvalue weighted by Gasteiger charge is -2.33. The lowest BCUT2D eigenvalue weighted by Crippen LogP contribution is -2.43. The van der Waals surface area contributed by atoms with E-state index in [-0.39, 0.29) is 0 Å². The van der Waals surface area contributed by atoms with Gasteiger partial charge in [-0.1, -0.05) is 11.6 Å². The van der Waals surface area contributed by atoms with Gasteiger partial charge < -0.3 is 10.5 Å². The number of aromatic nitrogens is 1. The Morgan fingerprint density at radius 3 is 2.79 bits per heavy atom. The molecule has 4 heteroatoms. The first-order valence-electron chi connectivity index (χ1n) is 4.70. The van der Waals surface area contributed by atoms with Crippen molar-refractivity contribution in [2.24, 2.45) is 5.73 Å². The van der Waals surface area contributed by atoms with Crippen molar-refractivity contribution in [1.82, 2.24) is 4.98 Å². The summed E-state index contributed by atoms with van der Waals surface area (Å²) in [5, 5.41) is 0.650. The second kappa shape index (κ2) is 3.85. The highest BCUT2D eigenvalue weighted by atomic mass is 35.5. The highest BCUT2D eigenvalue weighted by molar-refractivity contribution is 6.31. The van der Waals surface area contributed by atoms with Crippen LogP contribution in [0, 0.1) is 0 Å². The Balaban J connectivity index is 2.32. The van der Waals surface area contributed by atoms with Crippen LogP contribution in [0.5, 0.6) is 0 Å². The van der Waals surface area contributed by atoms with Gasteiger partial charge in [0, 0.05) is 19.4 Å². The Morgan fingerprint density at radius 2 is 2.14 bits per heavy atom. The monoisotopic (exact) mass is 212 g/mol. The molecule has 0 aliphatic carbocycles. The lowest BCUT2D eigenvalue weighted by molar-refractivity contribution is 0.0508. The summed E-state index contributed by atoms with van der Waals surface area (Å²) in [6.45, 7) is 1.37. The Morgan fingerprint density at radius 1 is 1.43 bits per heavy atom. The van der Waals surface area contributed by atoms with Gasteiger partial charge >= 0.3 is 0 Å². The number of pyridine rings is 1. The van der Waals surface area contributed by atoms with Crippen LogP contribution < -0.4 is 5.73 Å². The molecule has 2 rings (SSSR count). The van der Waals surface area contributed by atoms with Gasteiger partial charge in [0.2, 0.25) is 0 Å². The van der Waals surface area contributed by atoms with Crippen molar-refractivity contribution >= 4 is 11.6 Å². The predicted octanol–water partition coefficient (Wildman–Crippen LogP) is 1.70. The Hall–Kier alpha value is -0.640. The van der Waals surface area contributed by atoms with Crippen LogP contribution in [0.15, 0.2) is 18.3 Å². The first-order valence-corrected chi connectivity index (χ1v) is 5.08. The topological polar surface area (TPSA) is 48.1 Å². The molecule has 1 aromatic rings. The summed E-state index contributed by atoms with van der Waals surface area (Å²) in [5.41, 5.74) is 6.64. The minimum atomic E-state index is -0.406. The smallest absolute Gasteiger partial charge is 0.0789 e. The largest absolute Gasteiger partial charge is 0.381 e. The molecule has 76 valence electrons. The fraction of sp³-hybridized carbons (Fsp3) is 0.500. The SMILES string of the molecule is NC1(c2ncccc2Cl)CCOCC1. The second-order valence-electron chi connectivity index (χ2n) is 3.60. The van der Waals surface area contributed by atoms with Gasteiger partial charge in [-0.2, -0.15) is 0 Å². The molecule has 14 heavy (non-hydrogen) atoms. The standard InChI is InChI=1S/C10H13ClN2O/c11-8-2-1-5-13-9(8)10(12)3-6-14-7-4-10/h1-2,5H,3-4,6-7,12H2. The van der Waals surface area contributed by atoms with Crippen LogP contribution >= 0.6 is 11.6 Å². The first kappa shape index (κ1) is 9.90. The number of halogens is 1. The molecule has 2 heterocycles. The summed E-state index contributed by atoms with van der Waals surface area (Å²) >= 11 is 6.06. The zero-order chi connectivity index (χ0) is 10.0. The maximum Gasteiger partial charge on any atom is 0.0789 e. The molecule has 0 saturated carbocycles. The number of rotatable bonds is 1. The fourth-order valence-corrected chi connectivity index (χ4v) is 2.03. The molecule has 0 atom stereocenters. The Bertz CT molecular complexity index is 324. The second-order valence-corrected chi connectivity index (χ2v) is 4.01. The predicted molar refractivity (Wildman–Crippen MR) is 55.2 cm³/mol. The Kier molecular flexibility index (Phi) is 2.72. The summed E-state index contributed by atoms with van der Waals surface area (Å²) in [5.74, 6) is 0. The molecule has 2 N–H and O–H groups in total. The molecular formula is C10H13ClN2O. The van der Waals surface area contributed by atoms with E-state index >= 15 is 0 Å². The van der Waals surface area contributed by atoms with Gasteiger partial charge in [0.25, 0.3) is 0 Å². The van der Waals surface area contributed by atoms with Gasteiger partial charge in [-0.3, -0.25) is 4.98 Å². The van der Waals surface area contributed by atoms with E-state index in [2.05, 4.69) is 4.98 Å². The number of ether oxygens (including phenoxy) is 1. The van der Waals surface area contributed by atoms with E-state index in [1.54, 1.807) is 6.20 Å². The van der Waals surface area contributed by atoms with Crippen LogP contribution in [0.25, 0.3) is 0 Å². The van der Waals surface area contributed by atoms with Crippen LogP contribution in [0.4, 0.5) is 0 Å². The number of hydrogen-bond donors (Lipinski definition) is 1. The van der Waals surface area contributed by atoms with E-state index in [0.717, 1.165) is 18.5 Å². The Labute approximate surface area is 88.2 Å². The van der Waals surface area contributed by atoms with Crippen LogP contribution in [0.2, 0.25) is 5.02 Å². The van der Waals surface area contributed by atoms with Gasteiger partial charge in [0.05, 0.1) is 16.3 Å². The molecule has 1 aliphatic heterocycles. The number of nitrogens with zero attached hydrogens (tertiary/aromatic N) is 1. The molecule has 0 bridgehead atoms. The zero-order valence-electron chi connectivity index (χ0n) is 7.87. The maximum absolute atomic E-state index is 6.25. The minimum absolute atomic E-state index is 0.406. The summed E-state index contributed by atoms with van der Waals surface area (Å²) in [7, 11) is 0. The summed E-state index contributed by atoms with van der Waals surface area (Å²) in [4.78, 5) is 4.26. The maximum atomic E-state index is 6.25. The molecule has 1 saturated heterocycles. The molecule has 1 aliphatic rings. The van der Waals surface area contributed by atoms with Crippen molar-refractivity contribution in [2.45, 2.75) is 18.4 Å². The van der Waals surface area contributed by atoms with Crippen LogP contribution in [0.3, 0.4) is 0 Å². The van der Waals surface area contributed by atoms with E-state index in [1.807, 2.05) is 12.1 Å². The third-order valence-corrected chi connectivity index (χ3v) is 2.92. The quantitative estimate of drug-likeness (QED) is 0.771. The molecule has 0 radical (unpaired) electrons. The summed E-state index contributed by atoms with van der Waals surface area (Å²) < 4.78 is 5.28. The van der Waals surface area contributed by atoms with Crippen LogP contribution in [-0.2, 0) is 10.3 Å². The van der Waals surface area contributed by atoms with Gasteiger partial charge in [-0.05, 0) is 25.0 Å². The average molecular weight is 213 g/mol. The van der Waals surface area contributed by atoms with Crippen molar-refractivity contribution in [3.8, 4) is 0 Å². The molecule has 0 spiro atoms. The first-order chi connectivity index (χ1) is 6.72. The van der Waals surface area contributed by atoms with Gasteiger partial charge in [-0.15, -0.1) is 0 Å². The van der Waals surface area contributed by atoms with Crippen molar-refractivity contribution in [2.75, 3.05) is 13.2 Å². The van der Waals surface area contributed by atoms with Crippen molar-refractivity contribution < 1.29 is 4.74 Å². The van der Waals surface area contributed by atoms with Crippen LogP contribution in [-0.4, -0.2) is 18.2 Å². The fourth-order valence-electron chi connectivity index (χ4n) is 1.72. The summed E-state index contributed by atoms with van der Waals surface area (Å²) in [6.07, 6.45) is 3.29. The normalized spacial score (nSPS) is 20.7. The third-order valence-electron chi connectivity index (χ3n) is 2.62. The van der Waals surface area contributed by atoms with Crippen molar-refractivity contribution in [1.29, 1.82) is 0 Å². The number of nitrogens with two attached hydrogens (primary N) is 1. The average Bonchev–Trinajstić information content (AvgIpc) is 2.19.